The lowest BCUT2D eigenvalue weighted by Gasteiger charge is -2.34. The third-order valence-corrected chi connectivity index (χ3v) is 7.27. The molecule has 2 aromatic rings. The van der Waals surface area contributed by atoms with E-state index in [4.69, 9.17) is 9.84 Å². The second-order valence-electron chi connectivity index (χ2n) is 8.99. The first-order valence-electron chi connectivity index (χ1n) is 13.7. The van der Waals surface area contributed by atoms with Crippen LogP contribution in [0.25, 0.3) is 10.9 Å². The summed E-state index contributed by atoms with van der Waals surface area (Å²) < 4.78 is 7.47. The Morgan fingerprint density at radius 2 is 1.74 bits per heavy atom. The van der Waals surface area contributed by atoms with Crippen LogP contribution in [-0.2, 0) is 21.4 Å². The maximum absolute atomic E-state index is 12.1. The van der Waals surface area contributed by atoms with Gasteiger partial charge in [0.15, 0.2) is 0 Å². The highest BCUT2D eigenvalue weighted by atomic mass is 16.5. The van der Waals surface area contributed by atoms with E-state index in [1.54, 1.807) is 0 Å². The number of aromatic nitrogens is 2. The molecule has 2 aliphatic rings. The number of carbonyl (C=O) groups excluding carboxylic acids is 1. The Morgan fingerprint density at radius 1 is 1.09 bits per heavy atom. The van der Waals surface area contributed by atoms with Gasteiger partial charge in [-0.2, -0.15) is 10.4 Å². The second-order valence-corrected chi connectivity index (χ2v) is 8.99. The van der Waals surface area contributed by atoms with Crippen LogP contribution in [0.5, 0.6) is 0 Å². The van der Waals surface area contributed by atoms with Gasteiger partial charge in [0, 0.05) is 5.39 Å². The van der Waals surface area contributed by atoms with Crippen molar-refractivity contribution < 1.29 is 9.53 Å². The van der Waals surface area contributed by atoms with Crippen LogP contribution in [0.4, 0.5) is 0 Å². The third kappa shape index (κ3) is 5.82. The average Bonchev–Trinajstić information content (AvgIpc) is 3.30. The molecule has 1 aromatic heterocycles. The number of esters is 1. The van der Waals surface area contributed by atoms with E-state index in [1.807, 2.05) is 34.6 Å². The molecule has 2 aliphatic carbocycles. The van der Waals surface area contributed by atoms with Crippen LogP contribution in [-0.4, -0.2) is 22.4 Å². The fourth-order valence-electron chi connectivity index (χ4n) is 5.44. The normalized spacial score (nSPS) is 22.6. The van der Waals surface area contributed by atoms with E-state index < -0.39 is 5.41 Å². The van der Waals surface area contributed by atoms with E-state index in [0.717, 1.165) is 17.7 Å². The van der Waals surface area contributed by atoms with Gasteiger partial charge in [0.2, 0.25) is 0 Å². The molecule has 0 aliphatic heterocycles. The summed E-state index contributed by atoms with van der Waals surface area (Å²) in [4.78, 5) is 12.1. The number of carbonyl (C=O) groups is 1. The Hall–Kier alpha value is -2.35. The number of hydrogen-bond donors (Lipinski definition) is 0. The number of fused-ring (bicyclic) bond motifs is 1. The SMILES string of the molecule is CC.CC.CCOC(=O)C1CCC(C#N)(c2ccc3c(CC)nn(C4CCCCC4)c3c2)CC1. The van der Waals surface area contributed by atoms with Gasteiger partial charge >= 0.3 is 5.97 Å². The van der Waals surface area contributed by atoms with E-state index in [0.29, 0.717) is 38.3 Å². The largest absolute Gasteiger partial charge is 0.466 e. The lowest BCUT2D eigenvalue weighted by Crippen LogP contribution is -2.33. The Bertz CT molecular complexity index is 942. The van der Waals surface area contributed by atoms with Gasteiger partial charge in [-0.25, -0.2) is 0 Å². The Morgan fingerprint density at radius 3 is 2.29 bits per heavy atom. The van der Waals surface area contributed by atoms with E-state index in [9.17, 15) is 10.1 Å². The zero-order valence-electron chi connectivity index (χ0n) is 22.3. The standard InChI is InChI=1S/C25H33N3O2.2C2H6/c1-3-22-21-11-10-19(16-23(21)28(27-22)20-8-6-5-7-9-20)25(17-26)14-12-18(13-15-25)24(29)30-4-2;2*1-2/h10-11,16,18,20H,3-9,12-15H2,1-2H3;2*1-2H3. The molecule has 34 heavy (non-hydrogen) atoms. The summed E-state index contributed by atoms with van der Waals surface area (Å²) in [5.74, 6) is -0.183. The van der Waals surface area contributed by atoms with Crippen molar-refractivity contribution in [2.75, 3.05) is 6.61 Å². The van der Waals surface area contributed by atoms with Gasteiger partial charge < -0.3 is 4.74 Å². The van der Waals surface area contributed by atoms with Gasteiger partial charge in [0.05, 0.1) is 41.3 Å². The molecule has 0 atom stereocenters. The van der Waals surface area contributed by atoms with Crippen LogP contribution in [0.1, 0.15) is 117 Å². The van der Waals surface area contributed by atoms with Crippen LogP contribution in [0, 0.1) is 17.2 Å². The van der Waals surface area contributed by atoms with Crippen molar-refractivity contribution in [3.05, 3.63) is 29.5 Å². The van der Waals surface area contributed by atoms with Gasteiger partial charge in [-0.15, -0.1) is 0 Å². The number of nitriles is 1. The molecular formula is C29H45N3O2. The first kappa shape index (κ1) is 27.9. The maximum atomic E-state index is 12.1. The number of rotatable bonds is 5. The molecule has 0 N–H and O–H groups in total. The predicted octanol–water partition coefficient (Wildman–Crippen LogP) is 7.67. The van der Waals surface area contributed by atoms with E-state index in [-0.39, 0.29) is 11.9 Å². The van der Waals surface area contributed by atoms with E-state index in [2.05, 4.69) is 35.9 Å². The molecule has 0 amide bonds. The van der Waals surface area contributed by atoms with Crippen molar-refractivity contribution >= 4 is 16.9 Å². The Labute approximate surface area is 206 Å². The molecule has 0 radical (unpaired) electrons. The molecule has 0 spiro atoms. The second kappa shape index (κ2) is 13.5. The summed E-state index contributed by atoms with van der Waals surface area (Å²) >= 11 is 0. The molecule has 0 bridgehead atoms. The van der Waals surface area contributed by atoms with Gasteiger partial charge in [-0.05, 0) is 63.5 Å². The monoisotopic (exact) mass is 467 g/mol. The Balaban J connectivity index is 0.000000970. The number of hydrogen-bond acceptors (Lipinski definition) is 4. The topological polar surface area (TPSA) is 67.9 Å². The third-order valence-electron chi connectivity index (χ3n) is 7.27. The first-order valence-corrected chi connectivity index (χ1v) is 13.7. The van der Waals surface area contributed by atoms with Crippen LogP contribution in [0.15, 0.2) is 18.2 Å². The summed E-state index contributed by atoms with van der Waals surface area (Å²) in [6.07, 6.45) is 9.99. The molecule has 4 rings (SSSR count). The van der Waals surface area contributed by atoms with E-state index in [1.165, 1.54) is 43.0 Å². The van der Waals surface area contributed by atoms with Crippen LogP contribution in [0.2, 0.25) is 0 Å². The molecule has 2 saturated carbocycles. The summed E-state index contributed by atoms with van der Waals surface area (Å²) in [5.41, 5.74) is 2.89. The summed E-state index contributed by atoms with van der Waals surface area (Å²) in [6, 6.07) is 9.62. The number of nitrogens with zero attached hydrogens (tertiary/aromatic N) is 3. The summed E-state index contributed by atoms with van der Waals surface area (Å²) in [7, 11) is 0. The number of benzene rings is 1. The zero-order valence-corrected chi connectivity index (χ0v) is 22.3. The highest BCUT2D eigenvalue weighted by Crippen LogP contribution is 2.43. The smallest absolute Gasteiger partial charge is 0.308 e. The quantitative estimate of drug-likeness (QED) is 0.423. The zero-order chi connectivity index (χ0) is 25.1. The van der Waals surface area contributed by atoms with E-state index >= 15 is 0 Å². The molecular weight excluding hydrogens is 422 g/mol. The maximum Gasteiger partial charge on any atom is 0.308 e. The van der Waals surface area contributed by atoms with Crippen molar-refractivity contribution in [1.82, 2.24) is 9.78 Å². The number of aryl methyl sites for hydroxylation is 1. The van der Waals surface area contributed by atoms with Gasteiger partial charge in [-0.1, -0.05) is 66.0 Å². The van der Waals surface area contributed by atoms with Gasteiger partial charge in [0.1, 0.15) is 0 Å². The first-order chi connectivity index (χ1) is 16.6. The van der Waals surface area contributed by atoms with Crippen molar-refractivity contribution in [1.29, 1.82) is 5.26 Å². The van der Waals surface area contributed by atoms with Gasteiger partial charge in [-0.3, -0.25) is 9.48 Å². The number of ether oxygens (including phenoxy) is 1. The molecule has 2 fully saturated rings. The minimum Gasteiger partial charge on any atom is -0.466 e. The molecule has 5 heteroatoms. The predicted molar refractivity (Wildman–Crippen MR) is 140 cm³/mol. The average molecular weight is 468 g/mol. The fourth-order valence-corrected chi connectivity index (χ4v) is 5.44. The van der Waals surface area contributed by atoms with Crippen molar-refractivity contribution in [2.24, 2.45) is 5.92 Å². The fraction of sp³-hybridized carbons (Fsp3) is 0.690. The van der Waals surface area contributed by atoms with Crippen molar-refractivity contribution in [2.45, 2.75) is 117 Å². The van der Waals surface area contributed by atoms with Crippen molar-refractivity contribution in [3.8, 4) is 6.07 Å². The Kier molecular flexibility index (Phi) is 11.1. The highest BCUT2D eigenvalue weighted by Gasteiger charge is 2.40. The lowest BCUT2D eigenvalue weighted by atomic mass is 9.67. The van der Waals surface area contributed by atoms with Crippen molar-refractivity contribution in [3.63, 3.8) is 0 Å². The molecule has 0 unspecified atom stereocenters. The molecule has 0 saturated heterocycles. The highest BCUT2D eigenvalue weighted by molar-refractivity contribution is 5.83. The molecule has 188 valence electrons. The van der Waals surface area contributed by atoms with Crippen LogP contribution >= 0.6 is 0 Å². The molecule has 1 heterocycles. The van der Waals surface area contributed by atoms with Gasteiger partial charge in [0.25, 0.3) is 0 Å². The minimum absolute atomic E-state index is 0.0744. The summed E-state index contributed by atoms with van der Waals surface area (Å²) in [5, 5.41) is 16.4. The minimum atomic E-state index is -0.523. The summed E-state index contributed by atoms with van der Waals surface area (Å²) in [6.45, 7) is 12.4. The van der Waals surface area contributed by atoms with Crippen LogP contribution in [0.3, 0.4) is 0 Å². The molecule has 1 aromatic carbocycles. The molecule has 5 nitrogen and oxygen atoms in total. The van der Waals surface area contributed by atoms with Crippen LogP contribution < -0.4 is 0 Å². The lowest BCUT2D eigenvalue weighted by molar-refractivity contribution is -0.149.